The van der Waals surface area contributed by atoms with E-state index in [-0.39, 0.29) is 25.5 Å². The van der Waals surface area contributed by atoms with E-state index in [9.17, 15) is 19.5 Å². The van der Waals surface area contributed by atoms with Crippen molar-refractivity contribution in [3.63, 3.8) is 0 Å². The Hall–Kier alpha value is -2.63. The Kier molecular flexibility index (Phi) is 4.83. The Morgan fingerprint density at radius 3 is 2.52 bits per heavy atom. The van der Waals surface area contributed by atoms with E-state index in [4.69, 9.17) is 0 Å². The molecule has 1 heterocycles. The first-order valence-electron chi connectivity index (χ1n) is 7.39. The van der Waals surface area contributed by atoms with Crippen LogP contribution in [-0.2, 0) is 4.79 Å². The van der Waals surface area contributed by atoms with Crippen LogP contribution in [0.25, 0.3) is 0 Å². The number of carbonyl (C=O) groups is 3. The second-order valence-electron chi connectivity index (χ2n) is 5.89. The molecular formula is C17H20N2O4. The number of amides is 3. The van der Waals surface area contributed by atoms with Crippen LogP contribution in [0.1, 0.15) is 23.7 Å². The van der Waals surface area contributed by atoms with Gasteiger partial charge in [-0.15, -0.1) is 6.58 Å². The van der Waals surface area contributed by atoms with E-state index in [1.54, 1.807) is 43.3 Å². The van der Waals surface area contributed by atoms with Crippen LogP contribution in [0.5, 0.6) is 0 Å². The number of hydrogen-bond donors (Lipinski definition) is 1. The maximum Gasteiger partial charge on any atom is 0.407 e. The summed E-state index contributed by atoms with van der Waals surface area (Å²) in [4.78, 5) is 39.2. The molecular weight excluding hydrogens is 296 g/mol. The van der Waals surface area contributed by atoms with Crippen molar-refractivity contribution in [3.8, 4) is 0 Å². The SMILES string of the molecule is C=CC[C@]1(C)CN(C(=O)O)CCN(C(=O)c2ccccc2)C1=O. The van der Waals surface area contributed by atoms with Gasteiger partial charge in [0, 0.05) is 25.2 Å². The fourth-order valence-electron chi connectivity index (χ4n) is 2.78. The van der Waals surface area contributed by atoms with E-state index in [0.717, 1.165) is 4.90 Å². The van der Waals surface area contributed by atoms with Gasteiger partial charge in [0.1, 0.15) is 0 Å². The van der Waals surface area contributed by atoms with Crippen molar-refractivity contribution in [2.24, 2.45) is 5.41 Å². The minimum Gasteiger partial charge on any atom is -0.465 e. The third-order valence-corrected chi connectivity index (χ3v) is 4.03. The molecule has 0 saturated carbocycles. The number of hydrogen-bond acceptors (Lipinski definition) is 3. The van der Waals surface area contributed by atoms with Gasteiger partial charge in [-0.05, 0) is 25.5 Å². The number of carbonyl (C=O) groups excluding carboxylic acids is 2. The van der Waals surface area contributed by atoms with Crippen molar-refractivity contribution in [1.82, 2.24) is 9.80 Å². The maximum absolute atomic E-state index is 12.9. The molecule has 6 nitrogen and oxygen atoms in total. The summed E-state index contributed by atoms with van der Waals surface area (Å²) >= 11 is 0. The van der Waals surface area contributed by atoms with Gasteiger partial charge in [0.2, 0.25) is 5.91 Å². The molecule has 23 heavy (non-hydrogen) atoms. The number of rotatable bonds is 3. The average Bonchev–Trinajstić information content (AvgIpc) is 2.66. The molecule has 0 aromatic heterocycles. The fourth-order valence-corrected chi connectivity index (χ4v) is 2.78. The van der Waals surface area contributed by atoms with Crippen molar-refractivity contribution >= 4 is 17.9 Å². The minimum absolute atomic E-state index is 0.0472. The van der Waals surface area contributed by atoms with E-state index >= 15 is 0 Å². The summed E-state index contributed by atoms with van der Waals surface area (Å²) in [6.07, 6.45) is 0.782. The third kappa shape index (κ3) is 3.41. The Morgan fingerprint density at radius 2 is 1.96 bits per heavy atom. The normalized spacial score (nSPS) is 21.7. The number of carboxylic acid groups (broad SMARTS) is 1. The maximum atomic E-state index is 12.9. The highest BCUT2D eigenvalue weighted by molar-refractivity contribution is 6.06. The van der Waals surface area contributed by atoms with Gasteiger partial charge >= 0.3 is 6.09 Å². The van der Waals surface area contributed by atoms with E-state index in [0.29, 0.717) is 12.0 Å². The lowest BCUT2D eigenvalue weighted by Gasteiger charge is -2.30. The third-order valence-electron chi connectivity index (χ3n) is 4.03. The van der Waals surface area contributed by atoms with Crippen molar-refractivity contribution < 1.29 is 19.5 Å². The number of allylic oxidation sites excluding steroid dienone is 1. The van der Waals surface area contributed by atoms with Gasteiger partial charge in [-0.1, -0.05) is 24.3 Å². The van der Waals surface area contributed by atoms with Crippen LogP contribution in [-0.4, -0.2) is 52.4 Å². The van der Waals surface area contributed by atoms with Crippen LogP contribution in [0.3, 0.4) is 0 Å². The monoisotopic (exact) mass is 316 g/mol. The number of nitrogens with zero attached hydrogens (tertiary/aromatic N) is 2. The van der Waals surface area contributed by atoms with E-state index < -0.39 is 17.4 Å². The zero-order valence-electron chi connectivity index (χ0n) is 13.1. The first-order chi connectivity index (χ1) is 10.9. The van der Waals surface area contributed by atoms with E-state index in [2.05, 4.69) is 6.58 Å². The summed E-state index contributed by atoms with van der Waals surface area (Å²) in [5, 5.41) is 9.28. The summed E-state index contributed by atoms with van der Waals surface area (Å²) in [7, 11) is 0. The van der Waals surface area contributed by atoms with Crippen molar-refractivity contribution in [2.75, 3.05) is 19.6 Å². The summed E-state index contributed by atoms with van der Waals surface area (Å²) < 4.78 is 0. The minimum atomic E-state index is -1.10. The molecule has 3 amide bonds. The van der Waals surface area contributed by atoms with Crippen molar-refractivity contribution in [2.45, 2.75) is 13.3 Å². The van der Waals surface area contributed by atoms with Gasteiger partial charge in [-0.3, -0.25) is 14.5 Å². The van der Waals surface area contributed by atoms with Crippen LogP contribution < -0.4 is 0 Å². The Labute approximate surface area is 135 Å². The molecule has 2 rings (SSSR count). The molecule has 0 bridgehead atoms. The summed E-state index contributed by atoms with van der Waals surface area (Å²) in [6.45, 7) is 5.51. The molecule has 1 aliphatic heterocycles. The Bertz CT molecular complexity index is 629. The fraction of sp³-hybridized carbons (Fsp3) is 0.353. The molecule has 1 atom stereocenters. The van der Waals surface area contributed by atoms with Gasteiger partial charge in [0.15, 0.2) is 0 Å². The predicted octanol–water partition coefficient (Wildman–Crippen LogP) is 2.23. The molecule has 0 unspecified atom stereocenters. The molecule has 1 N–H and O–H groups in total. The zero-order valence-corrected chi connectivity index (χ0v) is 13.1. The van der Waals surface area contributed by atoms with Crippen molar-refractivity contribution in [1.29, 1.82) is 0 Å². The lowest BCUT2D eigenvalue weighted by atomic mass is 9.84. The molecule has 0 radical (unpaired) electrons. The topological polar surface area (TPSA) is 77.9 Å². The highest BCUT2D eigenvalue weighted by atomic mass is 16.4. The molecule has 1 aromatic carbocycles. The van der Waals surface area contributed by atoms with Crippen LogP contribution in [0, 0.1) is 5.41 Å². The van der Waals surface area contributed by atoms with Crippen LogP contribution in [0.15, 0.2) is 43.0 Å². The van der Waals surface area contributed by atoms with Crippen LogP contribution in [0.4, 0.5) is 4.79 Å². The zero-order chi connectivity index (χ0) is 17.0. The number of benzene rings is 1. The summed E-state index contributed by atoms with van der Waals surface area (Å²) in [5.74, 6) is -0.770. The average molecular weight is 316 g/mol. The van der Waals surface area contributed by atoms with Gasteiger partial charge < -0.3 is 10.0 Å². The molecule has 1 fully saturated rings. The van der Waals surface area contributed by atoms with Gasteiger partial charge in [-0.25, -0.2) is 4.79 Å². The summed E-state index contributed by atoms with van der Waals surface area (Å²) in [6, 6.07) is 8.51. The molecule has 6 heteroatoms. The smallest absolute Gasteiger partial charge is 0.407 e. The predicted molar refractivity (Wildman–Crippen MR) is 85.0 cm³/mol. The molecule has 1 saturated heterocycles. The highest BCUT2D eigenvalue weighted by Crippen LogP contribution is 2.29. The Morgan fingerprint density at radius 1 is 1.30 bits per heavy atom. The molecule has 0 spiro atoms. The number of imide groups is 1. The lowest BCUT2D eigenvalue weighted by Crippen LogP contribution is -2.46. The second-order valence-corrected chi connectivity index (χ2v) is 5.89. The van der Waals surface area contributed by atoms with Crippen LogP contribution in [0.2, 0.25) is 0 Å². The van der Waals surface area contributed by atoms with E-state index in [1.165, 1.54) is 4.90 Å². The molecule has 122 valence electrons. The molecule has 1 aliphatic rings. The van der Waals surface area contributed by atoms with Gasteiger partial charge in [-0.2, -0.15) is 0 Å². The van der Waals surface area contributed by atoms with Gasteiger partial charge in [0.25, 0.3) is 5.91 Å². The van der Waals surface area contributed by atoms with Crippen LogP contribution >= 0.6 is 0 Å². The molecule has 1 aromatic rings. The Balaban J connectivity index is 2.36. The second kappa shape index (κ2) is 6.64. The largest absolute Gasteiger partial charge is 0.465 e. The van der Waals surface area contributed by atoms with Crippen molar-refractivity contribution in [3.05, 3.63) is 48.6 Å². The quantitative estimate of drug-likeness (QED) is 0.685. The van der Waals surface area contributed by atoms with E-state index in [1.807, 2.05) is 0 Å². The molecule has 0 aliphatic carbocycles. The summed E-state index contributed by atoms with van der Waals surface area (Å²) in [5.41, 5.74) is -0.591. The lowest BCUT2D eigenvalue weighted by molar-refractivity contribution is -0.137. The standard InChI is InChI=1S/C17H20N2O4/c1-3-9-17(2)12-18(16(22)23)10-11-19(15(17)21)14(20)13-7-5-4-6-8-13/h3-8H,1,9-12H2,2H3,(H,22,23)/t17-/m1/s1. The highest BCUT2D eigenvalue weighted by Gasteiger charge is 2.43. The first-order valence-corrected chi connectivity index (χ1v) is 7.39. The van der Waals surface area contributed by atoms with Gasteiger partial charge in [0.05, 0.1) is 5.41 Å². The first kappa shape index (κ1) is 16.7.